The van der Waals surface area contributed by atoms with E-state index in [9.17, 15) is 16.8 Å². The first-order chi connectivity index (χ1) is 7.53. The molecule has 1 aromatic heterocycles. The number of aromatic nitrogens is 2. The number of rotatable bonds is 3. The molecule has 0 bridgehead atoms. The van der Waals surface area contributed by atoms with Crippen LogP contribution in [0, 0.1) is 0 Å². The normalized spacial score (nSPS) is 13.0. The Hall–Kier alpha value is -1.18. The van der Waals surface area contributed by atoms with Crippen LogP contribution in [-0.2, 0) is 20.2 Å². The zero-order chi connectivity index (χ0) is 13.4. The minimum atomic E-state index is -4.97. The summed E-state index contributed by atoms with van der Waals surface area (Å²) in [5.41, 5.74) is 10.3. The maximum absolute atomic E-state index is 10.9. The van der Waals surface area contributed by atoms with Crippen molar-refractivity contribution in [3.05, 3.63) is 12.0 Å². The molecule has 0 atom stereocenters. The van der Waals surface area contributed by atoms with E-state index in [2.05, 4.69) is 9.97 Å². The minimum Gasteiger partial charge on any atom is -0.310 e. The van der Waals surface area contributed by atoms with Gasteiger partial charge in [0.2, 0.25) is 5.03 Å². The third kappa shape index (κ3) is 3.15. The second-order valence-electron chi connectivity index (χ2n) is 2.87. The summed E-state index contributed by atoms with van der Waals surface area (Å²) in [5, 5.41) is -1.29. The lowest BCUT2D eigenvalue weighted by atomic mass is 10.5. The Morgan fingerprint density at radius 1 is 1.12 bits per heavy atom. The van der Waals surface area contributed by atoms with E-state index in [4.69, 9.17) is 20.6 Å². The standard InChI is InChI=1S/C5H8N4O6S2/c6-3(7)4-8-1-2(16(10,11)12)5(9-4)17(13,14)15/h1,3H,6-7H2,(H,10,11,12)(H,13,14,15). The van der Waals surface area contributed by atoms with Crippen LogP contribution in [0.3, 0.4) is 0 Å². The molecule has 0 aliphatic rings. The smallest absolute Gasteiger partial charge is 0.310 e. The van der Waals surface area contributed by atoms with Crippen LogP contribution in [0.5, 0.6) is 0 Å². The zero-order valence-corrected chi connectivity index (χ0v) is 9.68. The van der Waals surface area contributed by atoms with Gasteiger partial charge in [0.25, 0.3) is 10.1 Å². The summed E-state index contributed by atoms with van der Waals surface area (Å²) in [6, 6.07) is 0. The molecular weight excluding hydrogens is 276 g/mol. The van der Waals surface area contributed by atoms with Gasteiger partial charge in [-0.2, -0.15) is 16.8 Å². The van der Waals surface area contributed by atoms with Gasteiger partial charge in [-0.3, -0.25) is 9.11 Å². The Kier molecular flexibility index (Phi) is 3.47. The maximum atomic E-state index is 10.9. The first-order valence-electron chi connectivity index (χ1n) is 3.86. The lowest BCUT2D eigenvalue weighted by Crippen LogP contribution is -2.24. The van der Waals surface area contributed by atoms with Crippen molar-refractivity contribution in [2.75, 3.05) is 0 Å². The SMILES string of the molecule is NC(N)c1ncc(S(=O)(=O)O)c(S(=O)(=O)O)n1. The highest BCUT2D eigenvalue weighted by atomic mass is 32.2. The van der Waals surface area contributed by atoms with E-state index in [-0.39, 0.29) is 0 Å². The first-order valence-corrected chi connectivity index (χ1v) is 6.74. The molecule has 0 saturated carbocycles. The lowest BCUT2D eigenvalue weighted by Gasteiger charge is -2.07. The van der Waals surface area contributed by atoms with E-state index in [1.807, 2.05) is 0 Å². The first kappa shape index (κ1) is 13.9. The van der Waals surface area contributed by atoms with E-state index in [1.54, 1.807) is 0 Å². The van der Waals surface area contributed by atoms with Gasteiger partial charge in [0.05, 0.1) is 6.20 Å². The molecule has 0 aliphatic heterocycles. The van der Waals surface area contributed by atoms with Crippen LogP contribution in [0.15, 0.2) is 16.1 Å². The Morgan fingerprint density at radius 2 is 1.65 bits per heavy atom. The number of nitrogens with two attached hydrogens (primary N) is 2. The van der Waals surface area contributed by atoms with Crippen LogP contribution >= 0.6 is 0 Å². The van der Waals surface area contributed by atoms with Gasteiger partial charge >= 0.3 is 10.1 Å². The van der Waals surface area contributed by atoms with Crippen LogP contribution in [-0.4, -0.2) is 35.9 Å². The topological polar surface area (TPSA) is 187 Å². The fourth-order valence-electron chi connectivity index (χ4n) is 0.890. The van der Waals surface area contributed by atoms with E-state index in [0.717, 1.165) is 0 Å². The Labute approximate surface area is 96.2 Å². The number of hydrogen-bond acceptors (Lipinski definition) is 8. The van der Waals surface area contributed by atoms with E-state index >= 15 is 0 Å². The van der Waals surface area contributed by atoms with Gasteiger partial charge in [-0.1, -0.05) is 0 Å². The molecule has 1 rings (SSSR count). The highest BCUT2D eigenvalue weighted by molar-refractivity contribution is 7.89. The maximum Gasteiger partial charge on any atom is 0.313 e. The summed E-state index contributed by atoms with van der Waals surface area (Å²) >= 11 is 0. The van der Waals surface area contributed by atoms with Crippen molar-refractivity contribution in [2.45, 2.75) is 16.1 Å². The highest BCUT2D eigenvalue weighted by Gasteiger charge is 2.27. The zero-order valence-electron chi connectivity index (χ0n) is 8.05. The fraction of sp³-hybridized carbons (Fsp3) is 0.200. The molecule has 96 valence electrons. The third-order valence-electron chi connectivity index (χ3n) is 1.56. The van der Waals surface area contributed by atoms with E-state index in [1.165, 1.54) is 0 Å². The molecule has 17 heavy (non-hydrogen) atoms. The van der Waals surface area contributed by atoms with Crippen molar-refractivity contribution < 1.29 is 25.9 Å². The van der Waals surface area contributed by atoms with Crippen molar-refractivity contribution in [1.29, 1.82) is 0 Å². The average molecular weight is 284 g/mol. The second-order valence-corrected chi connectivity index (χ2v) is 5.60. The van der Waals surface area contributed by atoms with Crippen LogP contribution in [0.4, 0.5) is 0 Å². The van der Waals surface area contributed by atoms with E-state index in [0.29, 0.717) is 6.20 Å². The molecular formula is C5H8N4O6S2. The van der Waals surface area contributed by atoms with Crippen LogP contribution in [0.1, 0.15) is 12.0 Å². The molecule has 0 aromatic carbocycles. The molecule has 0 amide bonds. The van der Waals surface area contributed by atoms with Crippen molar-refractivity contribution in [1.82, 2.24) is 9.97 Å². The van der Waals surface area contributed by atoms with Crippen LogP contribution in [0.2, 0.25) is 0 Å². The fourth-order valence-corrected chi connectivity index (χ4v) is 2.49. The van der Waals surface area contributed by atoms with Crippen molar-refractivity contribution >= 4 is 20.2 Å². The van der Waals surface area contributed by atoms with E-state index < -0.39 is 42.1 Å². The van der Waals surface area contributed by atoms with Crippen molar-refractivity contribution in [3.8, 4) is 0 Å². The van der Waals surface area contributed by atoms with Crippen LogP contribution in [0.25, 0.3) is 0 Å². The molecule has 0 radical (unpaired) electrons. The second kappa shape index (κ2) is 4.25. The summed E-state index contributed by atoms with van der Waals surface area (Å²) in [4.78, 5) is 5.35. The molecule has 0 aliphatic carbocycles. The monoisotopic (exact) mass is 284 g/mol. The van der Waals surface area contributed by atoms with Crippen molar-refractivity contribution in [3.63, 3.8) is 0 Å². The van der Waals surface area contributed by atoms with Crippen LogP contribution < -0.4 is 11.5 Å². The highest BCUT2D eigenvalue weighted by Crippen LogP contribution is 2.18. The minimum absolute atomic E-state index is 0.412. The summed E-state index contributed by atoms with van der Waals surface area (Å²) in [5.74, 6) is -0.412. The summed E-state index contributed by atoms with van der Waals surface area (Å²) < 4.78 is 60.9. The molecule has 1 heterocycles. The van der Waals surface area contributed by atoms with Gasteiger partial charge in [0, 0.05) is 0 Å². The largest absolute Gasteiger partial charge is 0.313 e. The van der Waals surface area contributed by atoms with Gasteiger partial charge in [-0.25, -0.2) is 9.97 Å². The molecule has 1 aromatic rings. The van der Waals surface area contributed by atoms with Gasteiger partial charge in [-0.05, 0) is 0 Å². The summed E-state index contributed by atoms with van der Waals surface area (Å²) in [6.07, 6.45) is -0.793. The average Bonchev–Trinajstić information content (AvgIpc) is 2.14. The molecule has 0 unspecified atom stereocenters. The Bertz CT molecular complexity index is 636. The van der Waals surface area contributed by atoms with Gasteiger partial charge in [-0.15, -0.1) is 0 Å². The third-order valence-corrected chi connectivity index (χ3v) is 3.34. The molecule has 0 fully saturated rings. The van der Waals surface area contributed by atoms with Crippen molar-refractivity contribution in [2.24, 2.45) is 11.5 Å². The Morgan fingerprint density at radius 3 is 2.00 bits per heavy atom. The molecule has 6 N–H and O–H groups in total. The van der Waals surface area contributed by atoms with Gasteiger partial charge < -0.3 is 11.5 Å². The number of hydrogen-bond donors (Lipinski definition) is 4. The predicted octanol–water partition coefficient (Wildman–Crippen LogP) is -2.11. The number of nitrogens with zero attached hydrogens (tertiary/aromatic N) is 2. The lowest BCUT2D eigenvalue weighted by molar-refractivity contribution is 0.458. The molecule has 0 saturated heterocycles. The summed E-state index contributed by atoms with van der Waals surface area (Å²) in [7, 11) is -9.88. The molecule has 0 spiro atoms. The van der Waals surface area contributed by atoms with Gasteiger partial charge in [0.1, 0.15) is 6.17 Å². The Balaban J connectivity index is 3.67. The molecule has 12 heteroatoms. The predicted molar refractivity (Wildman–Crippen MR) is 52.8 cm³/mol. The summed E-state index contributed by atoms with van der Waals surface area (Å²) in [6.45, 7) is 0. The quantitative estimate of drug-likeness (QED) is 0.271. The van der Waals surface area contributed by atoms with Gasteiger partial charge in [0.15, 0.2) is 10.7 Å². The molecule has 10 nitrogen and oxygen atoms in total.